The van der Waals surface area contributed by atoms with Crippen molar-refractivity contribution in [2.75, 3.05) is 10.6 Å². The summed E-state index contributed by atoms with van der Waals surface area (Å²) < 4.78 is 0. The van der Waals surface area contributed by atoms with Gasteiger partial charge in [-0.2, -0.15) is 0 Å². The maximum atomic E-state index is 12.4. The molecule has 154 valence electrons. The maximum absolute atomic E-state index is 12.4. The minimum atomic E-state index is -0.600. The quantitative estimate of drug-likeness (QED) is 0.572. The molecule has 0 bridgehead atoms. The molecule has 0 heterocycles. The lowest BCUT2D eigenvalue weighted by molar-refractivity contribution is -0.120. The number of rotatable bonds is 7. The smallest absolute Gasteiger partial charge is 0.321 e. The molecule has 1 fully saturated rings. The summed E-state index contributed by atoms with van der Waals surface area (Å²) in [5.41, 5.74) is 2.30. The molecule has 1 atom stereocenters. The summed E-state index contributed by atoms with van der Waals surface area (Å²) in [6.45, 7) is 5.53. The van der Waals surface area contributed by atoms with Crippen LogP contribution in [-0.2, 0) is 9.59 Å². The van der Waals surface area contributed by atoms with Crippen LogP contribution < -0.4 is 21.3 Å². The summed E-state index contributed by atoms with van der Waals surface area (Å²) in [5, 5.41) is 11.3. The van der Waals surface area contributed by atoms with Crippen molar-refractivity contribution in [3.63, 3.8) is 0 Å². The number of hydrogen-bond acceptors (Lipinski definition) is 4. The highest BCUT2D eigenvalue weighted by Crippen LogP contribution is 2.24. The Morgan fingerprint density at radius 3 is 2.46 bits per heavy atom. The van der Waals surface area contributed by atoms with E-state index in [0.717, 1.165) is 43.4 Å². The molecule has 0 saturated heterocycles. The third kappa shape index (κ3) is 6.55. The Bertz CT molecular complexity index is 699. The third-order valence-corrected chi connectivity index (χ3v) is 5.03. The van der Waals surface area contributed by atoms with E-state index in [1.807, 2.05) is 32.0 Å². The molecule has 2 rings (SSSR count). The molecule has 0 aromatic heterocycles. The van der Waals surface area contributed by atoms with Crippen LogP contribution in [0, 0.1) is 6.92 Å². The average molecular weight is 389 g/mol. The fourth-order valence-corrected chi connectivity index (χ4v) is 3.35. The first kappa shape index (κ1) is 21.7. The van der Waals surface area contributed by atoms with Gasteiger partial charge >= 0.3 is 6.03 Å². The first-order chi connectivity index (χ1) is 13.4. The summed E-state index contributed by atoms with van der Waals surface area (Å²) in [6.07, 6.45) is 6.60. The van der Waals surface area contributed by atoms with Crippen LogP contribution in [0.4, 0.5) is 16.2 Å². The molecule has 1 unspecified atom stereocenters. The Labute approximate surface area is 167 Å². The Morgan fingerprint density at radius 1 is 1.11 bits per heavy atom. The second-order valence-electron chi connectivity index (χ2n) is 7.44. The molecule has 0 aliphatic heterocycles. The van der Waals surface area contributed by atoms with E-state index in [1.54, 1.807) is 6.92 Å². The first-order valence-corrected chi connectivity index (χ1v) is 10.2. The molecule has 0 spiro atoms. The molecular formula is C21H32N4O3. The van der Waals surface area contributed by atoms with Gasteiger partial charge in [0.25, 0.3) is 0 Å². The van der Waals surface area contributed by atoms with Crippen LogP contribution in [0.2, 0.25) is 0 Å². The number of hydrogen-bond donors (Lipinski definition) is 4. The third-order valence-electron chi connectivity index (χ3n) is 5.03. The molecule has 1 saturated carbocycles. The van der Waals surface area contributed by atoms with Gasteiger partial charge in [-0.1, -0.05) is 32.3 Å². The van der Waals surface area contributed by atoms with Gasteiger partial charge in [-0.05, 0) is 50.8 Å². The predicted octanol–water partition coefficient (Wildman–Crippen LogP) is 3.69. The summed E-state index contributed by atoms with van der Waals surface area (Å²) in [6, 6.07) is 4.60. The van der Waals surface area contributed by atoms with Gasteiger partial charge in [0.15, 0.2) is 0 Å². The zero-order valence-electron chi connectivity index (χ0n) is 17.1. The van der Waals surface area contributed by atoms with Gasteiger partial charge in [-0.25, -0.2) is 4.79 Å². The van der Waals surface area contributed by atoms with Gasteiger partial charge in [-0.15, -0.1) is 0 Å². The molecule has 1 aromatic carbocycles. The molecule has 1 aliphatic rings. The molecule has 28 heavy (non-hydrogen) atoms. The SMILES string of the molecule is CCCC(=O)Nc1cccc(NC(C)C(=O)NC(=O)NC2CCCCC2)c1C. The number of carbonyl (C=O) groups excluding carboxylic acids is 3. The van der Waals surface area contributed by atoms with E-state index < -0.39 is 18.0 Å². The van der Waals surface area contributed by atoms with E-state index in [9.17, 15) is 14.4 Å². The molecule has 1 aromatic rings. The van der Waals surface area contributed by atoms with E-state index in [4.69, 9.17) is 0 Å². The Hall–Kier alpha value is -2.57. The summed E-state index contributed by atoms with van der Waals surface area (Å²) >= 11 is 0. The second-order valence-corrected chi connectivity index (χ2v) is 7.44. The normalized spacial score (nSPS) is 15.4. The maximum Gasteiger partial charge on any atom is 0.321 e. The summed E-state index contributed by atoms with van der Waals surface area (Å²) in [4.78, 5) is 36.3. The minimum absolute atomic E-state index is 0.0343. The van der Waals surface area contributed by atoms with E-state index in [1.165, 1.54) is 6.42 Å². The highest BCUT2D eigenvalue weighted by molar-refractivity contribution is 5.98. The van der Waals surface area contributed by atoms with Crippen LogP contribution >= 0.6 is 0 Å². The van der Waals surface area contributed by atoms with Crippen molar-refractivity contribution < 1.29 is 14.4 Å². The van der Waals surface area contributed by atoms with Gasteiger partial charge in [0.1, 0.15) is 6.04 Å². The van der Waals surface area contributed by atoms with Gasteiger partial charge < -0.3 is 16.0 Å². The van der Waals surface area contributed by atoms with Crippen molar-refractivity contribution in [2.24, 2.45) is 0 Å². The van der Waals surface area contributed by atoms with Crippen LogP contribution in [0.5, 0.6) is 0 Å². The number of carbonyl (C=O) groups is 3. The number of benzene rings is 1. The Morgan fingerprint density at radius 2 is 1.79 bits per heavy atom. The van der Waals surface area contributed by atoms with Crippen LogP contribution in [0.15, 0.2) is 18.2 Å². The van der Waals surface area contributed by atoms with Crippen molar-refractivity contribution in [1.82, 2.24) is 10.6 Å². The van der Waals surface area contributed by atoms with Crippen molar-refractivity contribution in [1.29, 1.82) is 0 Å². The highest BCUT2D eigenvalue weighted by Gasteiger charge is 2.20. The lowest BCUT2D eigenvalue weighted by Gasteiger charge is -2.23. The van der Waals surface area contributed by atoms with Gasteiger partial charge in [0.05, 0.1) is 0 Å². The van der Waals surface area contributed by atoms with Crippen LogP contribution in [0.1, 0.15) is 64.4 Å². The predicted molar refractivity (Wildman–Crippen MR) is 111 cm³/mol. The largest absolute Gasteiger partial charge is 0.374 e. The standard InChI is InChI=1S/C21H32N4O3/c1-4-9-19(26)24-18-13-8-12-17(14(18)2)22-15(3)20(27)25-21(28)23-16-10-6-5-7-11-16/h8,12-13,15-16,22H,4-7,9-11H2,1-3H3,(H,24,26)(H2,23,25,27,28). The zero-order chi connectivity index (χ0) is 20.5. The fraction of sp³-hybridized carbons (Fsp3) is 0.571. The molecular weight excluding hydrogens is 356 g/mol. The summed E-state index contributed by atoms with van der Waals surface area (Å²) in [5.74, 6) is -0.430. The summed E-state index contributed by atoms with van der Waals surface area (Å²) in [7, 11) is 0. The monoisotopic (exact) mass is 388 g/mol. The van der Waals surface area contributed by atoms with Gasteiger partial charge in [0.2, 0.25) is 11.8 Å². The lowest BCUT2D eigenvalue weighted by atomic mass is 9.96. The van der Waals surface area contributed by atoms with E-state index in [0.29, 0.717) is 12.1 Å². The number of urea groups is 1. The Balaban J connectivity index is 1.90. The highest BCUT2D eigenvalue weighted by atomic mass is 16.2. The number of anilines is 2. The fourth-order valence-electron chi connectivity index (χ4n) is 3.35. The first-order valence-electron chi connectivity index (χ1n) is 10.2. The zero-order valence-corrected chi connectivity index (χ0v) is 17.1. The Kier molecular flexibility index (Phi) is 8.29. The second kappa shape index (κ2) is 10.7. The topological polar surface area (TPSA) is 99.3 Å². The van der Waals surface area contributed by atoms with Crippen molar-refractivity contribution in [3.8, 4) is 0 Å². The molecule has 7 heteroatoms. The average Bonchev–Trinajstić information content (AvgIpc) is 2.65. The van der Waals surface area contributed by atoms with E-state index >= 15 is 0 Å². The van der Waals surface area contributed by atoms with E-state index in [-0.39, 0.29) is 11.9 Å². The molecule has 7 nitrogen and oxygen atoms in total. The van der Waals surface area contributed by atoms with E-state index in [2.05, 4.69) is 21.3 Å². The van der Waals surface area contributed by atoms with Crippen LogP contribution in [0.25, 0.3) is 0 Å². The molecule has 4 amide bonds. The molecule has 1 aliphatic carbocycles. The minimum Gasteiger partial charge on any atom is -0.374 e. The molecule has 4 N–H and O–H groups in total. The van der Waals surface area contributed by atoms with Crippen molar-refractivity contribution in [2.45, 2.75) is 77.8 Å². The van der Waals surface area contributed by atoms with Gasteiger partial charge in [-0.3, -0.25) is 14.9 Å². The number of imide groups is 1. The van der Waals surface area contributed by atoms with Crippen LogP contribution in [-0.4, -0.2) is 29.9 Å². The van der Waals surface area contributed by atoms with Gasteiger partial charge in [0, 0.05) is 23.8 Å². The number of amides is 4. The van der Waals surface area contributed by atoms with Crippen LogP contribution in [0.3, 0.4) is 0 Å². The van der Waals surface area contributed by atoms with Crippen molar-refractivity contribution in [3.05, 3.63) is 23.8 Å². The number of nitrogens with one attached hydrogen (secondary N) is 4. The molecule has 0 radical (unpaired) electrons. The lowest BCUT2D eigenvalue weighted by Crippen LogP contribution is -2.49. The van der Waals surface area contributed by atoms with Crippen molar-refractivity contribution >= 4 is 29.2 Å².